The lowest BCUT2D eigenvalue weighted by Crippen LogP contribution is -2.40. The first-order valence-electron chi connectivity index (χ1n) is 11.4. The largest absolute Gasteiger partial charge is 0.454 e. The van der Waals surface area contributed by atoms with Crippen molar-refractivity contribution in [3.63, 3.8) is 0 Å². The predicted molar refractivity (Wildman–Crippen MR) is 141 cm³/mol. The number of allylic oxidation sites excluding steroid dienone is 1. The van der Waals surface area contributed by atoms with Gasteiger partial charge in [0, 0.05) is 18.7 Å². The van der Waals surface area contributed by atoms with Crippen LogP contribution in [0.25, 0.3) is 0 Å². The molecule has 37 heavy (non-hydrogen) atoms. The van der Waals surface area contributed by atoms with E-state index in [9.17, 15) is 14.0 Å². The van der Waals surface area contributed by atoms with E-state index >= 15 is 0 Å². The molecule has 2 aliphatic heterocycles. The Balaban J connectivity index is 1.34. The van der Waals surface area contributed by atoms with E-state index in [1.165, 1.54) is 30.5 Å². The Hall–Kier alpha value is -3.88. The Labute approximate surface area is 222 Å². The summed E-state index contributed by atoms with van der Waals surface area (Å²) in [4.78, 5) is 27.0. The van der Waals surface area contributed by atoms with E-state index in [4.69, 9.17) is 27.9 Å². The molecule has 5 rings (SSSR count). The molecule has 0 saturated heterocycles. The number of hydrogen-bond acceptors (Lipinski definition) is 4. The van der Waals surface area contributed by atoms with E-state index in [2.05, 4.69) is 17.0 Å². The Morgan fingerprint density at radius 1 is 1.11 bits per heavy atom. The fourth-order valence-electron chi connectivity index (χ4n) is 4.21. The van der Waals surface area contributed by atoms with E-state index < -0.39 is 6.03 Å². The SMILES string of the molecule is C=C1C=NN(c2cc(Cl)c(Oc3ccc4c(c3)CCN(Cc3cc(F)ccc3C)C4=O)c(Cl)c2)C(=O)N1. The van der Waals surface area contributed by atoms with Gasteiger partial charge in [-0.05, 0) is 72.5 Å². The van der Waals surface area contributed by atoms with Gasteiger partial charge in [0.2, 0.25) is 0 Å². The molecule has 3 aromatic rings. The number of urea groups is 1. The van der Waals surface area contributed by atoms with E-state index in [-0.39, 0.29) is 27.5 Å². The third-order valence-electron chi connectivity index (χ3n) is 6.15. The Kier molecular flexibility index (Phi) is 6.62. The molecule has 188 valence electrons. The molecule has 0 aliphatic carbocycles. The van der Waals surface area contributed by atoms with Crippen LogP contribution in [0.15, 0.2) is 65.9 Å². The molecular weight excluding hydrogens is 518 g/mol. The van der Waals surface area contributed by atoms with Crippen molar-refractivity contribution in [2.24, 2.45) is 5.10 Å². The van der Waals surface area contributed by atoms with Crippen LogP contribution < -0.4 is 15.1 Å². The number of carbonyl (C=O) groups is 2. The highest BCUT2D eigenvalue weighted by molar-refractivity contribution is 6.37. The van der Waals surface area contributed by atoms with Gasteiger partial charge < -0.3 is 15.0 Å². The zero-order valence-corrected chi connectivity index (χ0v) is 21.2. The summed E-state index contributed by atoms with van der Waals surface area (Å²) in [7, 11) is 0. The maximum Gasteiger partial charge on any atom is 0.347 e. The van der Waals surface area contributed by atoms with Gasteiger partial charge in [-0.15, -0.1) is 0 Å². The second kappa shape index (κ2) is 9.88. The van der Waals surface area contributed by atoms with Crippen LogP contribution in [-0.4, -0.2) is 29.6 Å². The summed E-state index contributed by atoms with van der Waals surface area (Å²) in [5, 5.41) is 8.06. The molecule has 3 aromatic carbocycles. The third kappa shape index (κ3) is 5.03. The number of nitrogens with one attached hydrogen (secondary N) is 1. The molecule has 0 unspecified atom stereocenters. The zero-order valence-electron chi connectivity index (χ0n) is 19.7. The normalized spacial score (nSPS) is 15.1. The lowest BCUT2D eigenvalue weighted by atomic mass is 9.97. The van der Waals surface area contributed by atoms with E-state index in [0.29, 0.717) is 42.2 Å². The van der Waals surface area contributed by atoms with Crippen molar-refractivity contribution in [1.29, 1.82) is 0 Å². The Morgan fingerprint density at radius 3 is 2.59 bits per heavy atom. The summed E-state index contributed by atoms with van der Waals surface area (Å²) < 4.78 is 19.7. The second-order valence-corrected chi connectivity index (χ2v) is 9.53. The molecule has 7 nitrogen and oxygen atoms in total. The van der Waals surface area contributed by atoms with Crippen LogP contribution in [0.2, 0.25) is 10.0 Å². The van der Waals surface area contributed by atoms with Crippen molar-refractivity contribution in [3.05, 3.63) is 98.9 Å². The first-order chi connectivity index (χ1) is 17.7. The van der Waals surface area contributed by atoms with Gasteiger partial charge in [-0.1, -0.05) is 35.8 Å². The van der Waals surface area contributed by atoms with Crippen LogP contribution in [0.1, 0.15) is 27.0 Å². The number of carbonyl (C=O) groups excluding carboxylic acids is 2. The number of benzene rings is 3. The zero-order chi connectivity index (χ0) is 26.3. The van der Waals surface area contributed by atoms with Gasteiger partial charge in [-0.2, -0.15) is 10.1 Å². The number of fused-ring (bicyclic) bond motifs is 1. The second-order valence-electron chi connectivity index (χ2n) is 8.72. The highest BCUT2D eigenvalue weighted by atomic mass is 35.5. The van der Waals surface area contributed by atoms with Gasteiger partial charge in [0.15, 0.2) is 5.75 Å². The minimum absolute atomic E-state index is 0.125. The number of hydrazone groups is 1. The predicted octanol–water partition coefficient (Wildman–Crippen LogP) is 6.46. The molecular formula is C27H21Cl2FN4O3. The number of amides is 3. The van der Waals surface area contributed by atoms with Crippen molar-refractivity contribution < 1.29 is 18.7 Å². The summed E-state index contributed by atoms with van der Waals surface area (Å²) in [6.07, 6.45) is 2.02. The number of anilines is 1. The first kappa shape index (κ1) is 24.8. The first-order valence-corrected chi connectivity index (χ1v) is 12.1. The molecule has 0 spiro atoms. The van der Waals surface area contributed by atoms with Crippen LogP contribution in [-0.2, 0) is 13.0 Å². The fourth-order valence-corrected chi connectivity index (χ4v) is 4.77. The van der Waals surface area contributed by atoms with Crippen molar-refractivity contribution >= 4 is 47.0 Å². The lowest BCUT2D eigenvalue weighted by molar-refractivity contribution is 0.0726. The van der Waals surface area contributed by atoms with Crippen molar-refractivity contribution in [2.45, 2.75) is 19.9 Å². The molecule has 0 aromatic heterocycles. The van der Waals surface area contributed by atoms with Gasteiger partial charge in [0.25, 0.3) is 5.91 Å². The summed E-state index contributed by atoms with van der Waals surface area (Å²) in [5.41, 5.74) is 3.84. The molecule has 2 aliphatic rings. The third-order valence-corrected chi connectivity index (χ3v) is 6.72. The van der Waals surface area contributed by atoms with E-state index in [1.807, 2.05) is 6.92 Å². The fraction of sp³-hybridized carbons (Fsp3) is 0.148. The molecule has 10 heteroatoms. The maximum atomic E-state index is 13.7. The van der Waals surface area contributed by atoms with Gasteiger partial charge in [-0.25, -0.2) is 9.18 Å². The van der Waals surface area contributed by atoms with Gasteiger partial charge in [-0.3, -0.25) is 4.79 Å². The summed E-state index contributed by atoms with van der Waals surface area (Å²) in [6.45, 7) is 6.36. The number of nitrogens with zero attached hydrogens (tertiary/aromatic N) is 3. The smallest absolute Gasteiger partial charge is 0.347 e. The minimum Gasteiger partial charge on any atom is -0.454 e. The summed E-state index contributed by atoms with van der Waals surface area (Å²) in [5.74, 6) is 0.223. The van der Waals surface area contributed by atoms with Crippen LogP contribution in [0, 0.1) is 12.7 Å². The van der Waals surface area contributed by atoms with Gasteiger partial charge >= 0.3 is 6.03 Å². The Bertz CT molecular complexity index is 1470. The van der Waals surface area contributed by atoms with E-state index in [1.54, 1.807) is 29.2 Å². The number of halogens is 3. The molecule has 3 amide bonds. The monoisotopic (exact) mass is 538 g/mol. The topological polar surface area (TPSA) is 74.2 Å². The quantitative estimate of drug-likeness (QED) is 0.405. The van der Waals surface area contributed by atoms with Crippen LogP contribution in [0.5, 0.6) is 11.5 Å². The van der Waals surface area contributed by atoms with Crippen molar-refractivity contribution in [3.8, 4) is 11.5 Å². The summed E-state index contributed by atoms with van der Waals surface area (Å²) in [6, 6.07) is 12.3. The minimum atomic E-state index is -0.491. The van der Waals surface area contributed by atoms with Gasteiger partial charge in [0.1, 0.15) is 11.6 Å². The number of hydrogen-bond donors (Lipinski definition) is 1. The van der Waals surface area contributed by atoms with E-state index in [0.717, 1.165) is 21.7 Å². The average Bonchev–Trinajstić information content (AvgIpc) is 2.85. The number of aryl methyl sites for hydroxylation is 1. The molecule has 0 fully saturated rings. The standard InChI is InChI=1S/C27H21Cl2FN4O3/c1-15-3-4-19(30)9-18(15)14-33-8-7-17-10-21(5-6-22(17)26(33)35)37-25-23(28)11-20(12-24(25)29)34-27(36)32-16(2)13-31-34/h3-6,9-13H,2,7-8,14H2,1H3,(H,32,36). The highest BCUT2D eigenvalue weighted by Gasteiger charge is 2.26. The molecule has 0 atom stereocenters. The molecule has 0 radical (unpaired) electrons. The molecule has 2 heterocycles. The molecule has 0 bridgehead atoms. The maximum absolute atomic E-state index is 13.7. The number of ether oxygens (including phenoxy) is 1. The molecule has 0 saturated carbocycles. The van der Waals surface area contributed by atoms with Gasteiger partial charge in [0.05, 0.1) is 27.6 Å². The molecule has 1 N–H and O–H groups in total. The number of rotatable bonds is 5. The Morgan fingerprint density at radius 2 is 1.86 bits per heavy atom. The van der Waals surface area contributed by atoms with Crippen LogP contribution in [0.4, 0.5) is 14.9 Å². The highest BCUT2D eigenvalue weighted by Crippen LogP contribution is 2.40. The average molecular weight is 539 g/mol. The summed E-state index contributed by atoms with van der Waals surface area (Å²) >= 11 is 12.9. The van der Waals surface area contributed by atoms with Crippen molar-refractivity contribution in [1.82, 2.24) is 10.2 Å². The lowest BCUT2D eigenvalue weighted by Gasteiger charge is -2.29. The van der Waals surface area contributed by atoms with Crippen molar-refractivity contribution in [2.75, 3.05) is 11.6 Å². The van der Waals surface area contributed by atoms with Crippen LogP contribution in [0.3, 0.4) is 0 Å². The van der Waals surface area contributed by atoms with Crippen LogP contribution >= 0.6 is 23.2 Å².